The van der Waals surface area contributed by atoms with Crippen LogP contribution in [0, 0.1) is 0 Å². The van der Waals surface area contributed by atoms with Gasteiger partial charge in [-0.05, 0) is 24.3 Å². The molecule has 1 N–H and O–H groups in total. The Morgan fingerprint density at radius 2 is 1.72 bits per heavy atom. The van der Waals surface area contributed by atoms with Gasteiger partial charge >= 0.3 is 0 Å². The third-order valence-corrected chi connectivity index (χ3v) is 5.20. The summed E-state index contributed by atoms with van der Waals surface area (Å²) in [5, 5.41) is 9.85. The summed E-state index contributed by atoms with van der Waals surface area (Å²) in [5.41, 5.74) is 1.16. The number of aliphatic hydroxyl groups is 1. The monoisotopic (exact) mass is 393 g/mol. The molecule has 0 fully saturated rings. The molecule has 7 heteroatoms. The van der Waals surface area contributed by atoms with E-state index >= 15 is 0 Å². The topological polar surface area (TPSA) is 57.6 Å². The van der Waals surface area contributed by atoms with Gasteiger partial charge in [-0.25, -0.2) is 4.90 Å². The van der Waals surface area contributed by atoms with E-state index in [1.165, 1.54) is 6.07 Å². The van der Waals surface area contributed by atoms with E-state index < -0.39 is 11.8 Å². The highest BCUT2D eigenvalue weighted by Gasteiger charge is 2.40. The minimum atomic E-state index is -0.444. The van der Waals surface area contributed by atoms with Crippen molar-refractivity contribution in [1.82, 2.24) is 0 Å². The number of para-hydroxylation sites is 1. The van der Waals surface area contributed by atoms with Crippen LogP contribution in [0.25, 0.3) is 5.57 Å². The molecule has 0 radical (unpaired) electrons. The molecule has 0 saturated carbocycles. The molecule has 128 valence electrons. The quantitative estimate of drug-likeness (QED) is 0.779. The van der Waals surface area contributed by atoms with Gasteiger partial charge < -0.3 is 5.11 Å². The summed E-state index contributed by atoms with van der Waals surface area (Å²) in [6.45, 7) is -0.109. The molecule has 0 unspecified atom stereocenters. The molecule has 2 aromatic carbocycles. The van der Waals surface area contributed by atoms with E-state index in [-0.39, 0.29) is 17.1 Å². The molecular formula is C18H13Cl2NO3S. The lowest BCUT2D eigenvalue weighted by atomic mass is 10.1. The van der Waals surface area contributed by atoms with Crippen molar-refractivity contribution in [3.8, 4) is 0 Å². The van der Waals surface area contributed by atoms with Crippen molar-refractivity contribution >= 4 is 58.0 Å². The molecule has 4 nitrogen and oxygen atoms in total. The number of benzene rings is 2. The average Bonchev–Trinajstić information content (AvgIpc) is 2.84. The zero-order chi connectivity index (χ0) is 18.0. The number of aliphatic hydroxyl groups excluding tert-OH is 1. The number of halogens is 2. The molecule has 25 heavy (non-hydrogen) atoms. The lowest BCUT2D eigenvalue weighted by molar-refractivity contribution is -0.119. The Morgan fingerprint density at radius 3 is 2.36 bits per heavy atom. The van der Waals surface area contributed by atoms with Crippen molar-refractivity contribution in [2.45, 2.75) is 0 Å². The van der Waals surface area contributed by atoms with Crippen LogP contribution in [-0.4, -0.2) is 29.3 Å². The van der Waals surface area contributed by atoms with Gasteiger partial charge in [-0.3, -0.25) is 9.59 Å². The van der Waals surface area contributed by atoms with Gasteiger partial charge in [0, 0.05) is 16.3 Å². The number of nitrogens with zero attached hydrogens (tertiary/aromatic N) is 1. The summed E-state index contributed by atoms with van der Waals surface area (Å²) >= 11 is 13.3. The summed E-state index contributed by atoms with van der Waals surface area (Å²) in [6, 6.07) is 13.5. The molecule has 1 aliphatic rings. The number of carbonyl (C=O) groups excluding carboxylic acids is 2. The van der Waals surface area contributed by atoms with Gasteiger partial charge in [-0.2, -0.15) is 0 Å². The average molecular weight is 394 g/mol. The molecule has 0 aliphatic carbocycles. The van der Waals surface area contributed by atoms with Gasteiger partial charge in [0.1, 0.15) is 0 Å². The van der Waals surface area contributed by atoms with E-state index in [1.54, 1.807) is 42.5 Å². The molecule has 0 saturated heterocycles. The van der Waals surface area contributed by atoms with E-state index in [0.29, 0.717) is 27.0 Å². The summed E-state index contributed by atoms with van der Waals surface area (Å²) in [6.07, 6.45) is 0. The largest absolute Gasteiger partial charge is 0.396 e. The van der Waals surface area contributed by atoms with Gasteiger partial charge in [-0.1, -0.05) is 47.5 Å². The predicted molar refractivity (Wildman–Crippen MR) is 102 cm³/mol. The van der Waals surface area contributed by atoms with Gasteiger partial charge in [0.2, 0.25) is 0 Å². The Balaban J connectivity index is 2.12. The Labute approximate surface area is 159 Å². The van der Waals surface area contributed by atoms with Gasteiger partial charge in [0.25, 0.3) is 11.8 Å². The molecule has 3 rings (SSSR count). The zero-order valence-electron chi connectivity index (χ0n) is 12.9. The van der Waals surface area contributed by atoms with Crippen LogP contribution in [0.4, 0.5) is 5.69 Å². The summed E-state index contributed by atoms with van der Waals surface area (Å²) in [4.78, 5) is 27.3. The van der Waals surface area contributed by atoms with Gasteiger partial charge in [0.05, 0.1) is 27.8 Å². The van der Waals surface area contributed by atoms with E-state index in [2.05, 4.69) is 0 Å². The lowest BCUT2D eigenvalue weighted by Crippen LogP contribution is -2.31. The Hall–Kier alpha value is -1.79. The summed E-state index contributed by atoms with van der Waals surface area (Å²) < 4.78 is 0. The van der Waals surface area contributed by atoms with Crippen LogP contribution in [0.2, 0.25) is 10.0 Å². The van der Waals surface area contributed by atoms with Crippen LogP contribution in [0.15, 0.2) is 53.4 Å². The molecule has 2 aromatic rings. The fraction of sp³-hybridized carbons (Fsp3) is 0.111. The molecule has 0 bridgehead atoms. The highest BCUT2D eigenvalue weighted by Crippen LogP contribution is 2.40. The first kappa shape index (κ1) is 18.0. The first-order valence-electron chi connectivity index (χ1n) is 7.41. The molecule has 1 aliphatic heterocycles. The second-order valence-electron chi connectivity index (χ2n) is 5.18. The molecule has 0 aromatic heterocycles. The van der Waals surface area contributed by atoms with Gasteiger partial charge in [0.15, 0.2) is 0 Å². The smallest absolute Gasteiger partial charge is 0.272 e. The van der Waals surface area contributed by atoms with Crippen LogP contribution < -0.4 is 4.90 Å². The minimum absolute atomic E-state index is 0.109. The standard InChI is InChI=1S/C18H13Cl2NO3S/c19-11-6-7-13(14(20)10-11)15-16(25-9-8-22)18(24)21(17(15)23)12-4-2-1-3-5-12/h1-7,10,22H,8-9H2. The Kier molecular flexibility index (Phi) is 5.49. The lowest BCUT2D eigenvalue weighted by Gasteiger charge is -2.15. The maximum Gasteiger partial charge on any atom is 0.272 e. The highest BCUT2D eigenvalue weighted by molar-refractivity contribution is 8.04. The molecular weight excluding hydrogens is 381 g/mol. The number of rotatable bonds is 5. The number of amides is 2. The van der Waals surface area contributed by atoms with E-state index in [1.807, 2.05) is 0 Å². The molecule has 0 atom stereocenters. The summed E-state index contributed by atoms with van der Waals surface area (Å²) in [5.74, 6) is -0.567. The van der Waals surface area contributed by atoms with E-state index in [0.717, 1.165) is 16.7 Å². The van der Waals surface area contributed by atoms with Crippen molar-refractivity contribution in [3.63, 3.8) is 0 Å². The second kappa shape index (κ2) is 7.62. The first-order valence-corrected chi connectivity index (χ1v) is 9.16. The number of imide groups is 1. The molecule has 2 amide bonds. The fourth-order valence-corrected chi connectivity index (χ4v) is 3.89. The van der Waals surface area contributed by atoms with E-state index in [4.69, 9.17) is 28.3 Å². The van der Waals surface area contributed by atoms with Gasteiger partial charge in [-0.15, -0.1) is 11.8 Å². The normalized spacial score (nSPS) is 14.6. The maximum atomic E-state index is 13.0. The first-order chi connectivity index (χ1) is 12.0. The number of anilines is 1. The van der Waals surface area contributed by atoms with Crippen molar-refractivity contribution < 1.29 is 14.7 Å². The zero-order valence-corrected chi connectivity index (χ0v) is 15.2. The van der Waals surface area contributed by atoms with Crippen LogP contribution in [0.5, 0.6) is 0 Å². The second-order valence-corrected chi connectivity index (χ2v) is 7.13. The van der Waals surface area contributed by atoms with Crippen molar-refractivity contribution in [2.75, 3.05) is 17.3 Å². The van der Waals surface area contributed by atoms with Crippen LogP contribution in [-0.2, 0) is 9.59 Å². The minimum Gasteiger partial charge on any atom is -0.396 e. The molecule has 0 spiro atoms. The van der Waals surface area contributed by atoms with Crippen LogP contribution in [0.1, 0.15) is 5.56 Å². The van der Waals surface area contributed by atoms with Crippen molar-refractivity contribution in [3.05, 3.63) is 69.0 Å². The fourth-order valence-electron chi connectivity index (χ4n) is 2.53. The maximum absolute atomic E-state index is 13.0. The van der Waals surface area contributed by atoms with E-state index in [9.17, 15) is 9.59 Å². The number of thioether (sulfide) groups is 1. The number of hydrogen-bond donors (Lipinski definition) is 1. The third kappa shape index (κ3) is 3.46. The van der Waals surface area contributed by atoms with Crippen LogP contribution >= 0.6 is 35.0 Å². The molecule has 1 heterocycles. The predicted octanol–water partition coefficient (Wildman–Crippen LogP) is 4.00. The van der Waals surface area contributed by atoms with Crippen LogP contribution in [0.3, 0.4) is 0 Å². The SMILES string of the molecule is O=C1C(SCCO)=C(c2ccc(Cl)cc2Cl)C(=O)N1c1ccccc1. The third-order valence-electron chi connectivity index (χ3n) is 3.59. The Bertz CT molecular complexity index is 868. The Morgan fingerprint density at radius 1 is 1.00 bits per heavy atom. The number of carbonyl (C=O) groups is 2. The highest BCUT2D eigenvalue weighted by atomic mass is 35.5. The summed E-state index contributed by atoms with van der Waals surface area (Å²) in [7, 11) is 0. The van der Waals surface area contributed by atoms with Crippen molar-refractivity contribution in [2.24, 2.45) is 0 Å². The van der Waals surface area contributed by atoms with Crippen molar-refractivity contribution in [1.29, 1.82) is 0 Å². The number of hydrogen-bond acceptors (Lipinski definition) is 4.